The SMILES string of the molecule is Cc1n[nH]c(C)c1S(=O)(=O)NC1CCN(C(=O)CC(C)C)CC1. The number of aryl methyl sites for hydroxylation is 2. The lowest BCUT2D eigenvalue weighted by molar-refractivity contribution is -0.133. The van der Waals surface area contributed by atoms with Crippen molar-refractivity contribution in [2.45, 2.75) is 57.9 Å². The maximum absolute atomic E-state index is 12.5. The number of likely N-dealkylation sites (tertiary alicyclic amines) is 1. The van der Waals surface area contributed by atoms with E-state index in [2.05, 4.69) is 14.9 Å². The van der Waals surface area contributed by atoms with E-state index in [-0.39, 0.29) is 16.8 Å². The highest BCUT2D eigenvalue weighted by molar-refractivity contribution is 7.89. The standard InChI is InChI=1S/C15H26N4O3S/c1-10(2)9-14(20)19-7-5-13(6-8-19)18-23(21,22)15-11(3)16-17-12(15)4/h10,13,18H,5-9H2,1-4H3,(H,16,17). The number of amides is 1. The molecule has 0 saturated carbocycles. The van der Waals surface area contributed by atoms with Crippen molar-refractivity contribution in [3.8, 4) is 0 Å². The third-order valence-electron chi connectivity index (χ3n) is 4.08. The van der Waals surface area contributed by atoms with Gasteiger partial charge in [-0.2, -0.15) is 5.10 Å². The number of carbonyl (C=O) groups excluding carboxylic acids is 1. The van der Waals surface area contributed by atoms with E-state index < -0.39 is 10.0 Å². The predicted molar refractivity (Wildman–Crippen MR) is 87.4 cm³/mol. The summed E-state index contributed by atoms with van der Waals surface area (Å²) in [5, 5.41) is 6.64. The fourth-order valence-electron chi connectivity index (χ4n) is 2.94. The molecule has 1 aliphatic rings. The Bertz CT molecular complexity index is 639. The van der Waals surface area contributed by atoms with Crippen molar-refractivity contribution in [2.75, 3.05) is 13.1 Å². The number of hydrogen-bond donors (Lipinski definition) is 2. The van der Waals surface area contributed by atoms with E-state index in [0.29, 0.717) is 49.7 Å². The molecule has 0 unspecified atom stereocenters. The van der Waals surface area contributed by atoms with E-state index in [1.807, 2.05) is 18.7 Å². The summed E-state index contributed by atoms with van der Waals surface area (Å²) in [6.07, 6.45) is 1.82. The van der Waals surface area contributed by atoms with Gasteiger partial charge in [0, 0.05) is 25.6 Å². The van der Waals surface area contributed by atoms with Gasteiger partial charge in [0.15, 0.2) is 0 Å². The average molecular weight is 342 g/mol. The lowest BCUT2D eigenvalue weighted by Gasteiger charge is -2.32. The number of nitrogens with one attached hydrogen (secondary N) is 2. The number of piperidine rings is 1. The van der Waals surface area contributed by atoms with Crippen LogP contribution in [-0.4, -0.2) is 48.6 Å². The number of H-pyrrole nitrogens is 1. The first-order valence-electron chi connectivity index (χ1n) is 8.02. The number of aromatic nitrogens is 2. The predicted octanol–water partition coefficient (Wildman–Crippen LogP) is 1.34. The van der Waals surface area contributed by atoms with E-state index in [4.69, 9.17) is 0 Å². The molecule has 2 N–H and O–H groups in total. The smallest absolute Gasteiger partial charge is 0.244 e. The maximum atomic E-state index is 12.5. The van der Waals surface area contributed by atoms with Gasteiger partial charge < -0.3 is 4.90 Å². The Morgan fingerprint density at radius 3 is 2.43 bits per heavy atom. The summed E-state index contributed by atoms with van der Waals surface area (Å²) >= 11 is 0. The number of nitrogens with zero attached hydrogens (tertiary/aromatic N) is 2. The number of carbonyl (C=O) groups is 1. The first kappa shape index (κ1) is 17.9. The quantitative estimate of drug-likeness (QED) is 0.844. The van der Waals surface area contributed by atoms with Gasteiger partial charge in [-0.15, -0.1) is 0 Å². The van der Waals surface area contributed by atoms with Gasteiger partial charge in [0.2, 0.25) is 15.9 Å². The van der Waals surface area contributed by atoms with E-state index in [9.17, 15) is 13.2 Å². The molecule has 0 aliphatic carbocycles. The van der Waals surface area contributed by atoms with Gasteiger partial charge in [-0.25, -0.2) is 13.1 Å². The first-order valence-corrected chi connectivity index (χ1v) is 9.50. The third kappa shape index (κ3) is 4.32. The van der Waals surface area contributed by atoms with E-state index in [0.717, 1.165) is 0 Å². The van der Waals surface area contributed by atoms with Crippen molar-refractivity contribution < 1.29 is 13.2 Å². The van der Waals surface area contributed by atoms with Crippen LogP contribution in [0.4, 0.5) is 0 Å². The molecule has 0 spiro atoms. The summed E-state index contributed by atoms with van der Waals surface area (Å²) in [6, 6.07) is -0.142. The summed E-state index contributed by atoms with van der Waals surface area (Å²) in [5.41, 5.74) is 1.01. The van der Waals surface area contributed by atoms with Crippen molar-refractivity contribution in [2.24, 2.45) is 5.92 Å². The van der Waals surface area contributed by atoms with Crippen LogP contribution in [0.5, 0.6) is 0 Å². The zero-order valence-corrected chi connectivity index (χ0v) is 15.0. The van der Waals surface area contributed by atoms with Crippen LogP contribution >= 0.6 is 0 Å². The molecule has 8 heteroatoms. The number of hydrogen-bond acceptors (Lipinski definition) is 4. The van der Waals surface area contributed by atoms with Gasteiger partial charge in [-0.3, -0.25) is 9.89 Å². The fourth-order valence-corrected chi connectivity index (χ4v) is 4.62. The van der Waals surface area contributed by atoms with Crippen molar-refractivity contribution in [3.63, 3.8) is 0 Å². The molecule has 1 aliphatic heterocycles. The van der Waals surface area contributed by atoms with Crippen molar-refractivity contribution in [1.82, 2.24) is 19.8 Å². The minimum absolute atomic E-state index is 0.142. The molecule has 2 rings (SSSR count). The van der Waals surface area contributed by atoms with Crippen LogP contribution in [0.1, 0.15) is 44.5 Å². The molecule has 0 radical (unpaired) electrons. The Hall–Kier alpha value is -1.41. The molecule has 1 saturated heterocycles. The molecule has 2 heterocycles. The second-order valence-corrected chi connectivity index (χ2v) is 8.29. The molecule has 0 atom stereocenters. The lowest BCUT2D eigenvalue weighted by atomic mass is 10.0. The van der Waals surface area contributed by atoms with E-state index in [1.165, 1.54) is 0 Å². The highest BCUT2D eigenvalue weighted by Crippen LogP contribution is 2.20. The minimum Gasteiger partial charge on any atom is -0.343 e. The van der Waals surface area contributed by atoms with E-state index >= 15 is 0 Å². The summed E-state index contributed by atoms with van der Waals surface area (Å²) in [6.45, 7) is 8.61. The van der Waals surface area contributed by atoms with Gasteiger partial charge >= 0.3 is 0 Å². The largest absolute Gasteiger partial charge is 0.343 e. The van der Waals surface area contributed by atoms with Crippen LogP contribution in [0.3, 0.4) is 0 Å². The van der Waals surface area contributed by atoms with Crippen LogP contribution in [0, 0.1) is 19.8 Å². The van der Waals surface area contributed by atoms with Crippen LogP contribution in [0.15, 0.2) is 4.90 Å². The molecule has 130 valence electrons. The van der Waals surface area contributed by atoms with Gasteiger partial charge in [-0.1, -0.05) is 13.8 Å². The third-order valence-corrected chi connectivity index (χ3v) is 5.86. The molecule has 23 heavy (non-hydrogen) atoms. The maximum Gasteiger partial charge on any atom is 0.244 e. The number of rotatable bonds is 5. The first-order chi connectivity index (χ1) is 10.7. The molecule has 0 bridgehead atoms. The molecular weight excluding hydrogens is 316 g/mol. The van der Waals surface area contributed by atoms with Crippen molar-refractivity contribution >= 4 is 15.9 Å². The van der Waals surface area contributed by atoms with Gasteiger partial charge in [0.25, 0.3) is 0 Å². The molecule has 7 nitrogen and oxygen atoms in total. The molecule has 1 amide bonds. The lowest BCUT2D eigenvalue weighted by Crippen LogP contribution is -2.46. The van der Waals surface area contributed by atoms with Gasteiger partial charge in [0.05, 0.1) is 11.4 Å². The molecule has 1 fully saturated rings. The summed E-state index contributed by atoms with van der Waals surface area (Å²) in [4.78, 5) is 14.1. The normalized spacial score (nSPS) is 17.0. The topological polar surface area (TPSA) is 95.2 Å². The molecule has 1 aromatic heterocycles. The van der Waals surface area contributed by atoms with Crippen molar-refractivity contribution in [1.29, 1.82) is 0 Å². The average Bonchev–Trinajstić information content (AvgIpc) is 2.78. The Balaban J connectivity index is 1.95. The van der Waals surface area contributed by atoms with E-state index in [1.54, 1.807) is 13.8 Å². The highest BCUT2D eigenvalue weighted by atomic mass is 32.2. The number of sulfonamides is 1. The summed E-state index contributed by atoms with van der Waals surface area (Å²) < 4.78 is 27.8. The summed E-state index contributed by atoms with van der Waals surface area (Å²) in [5.74, 6) is 0.494. The highest BCUT2D eigenvalue weighted by Gasteiger charge is 2.29. The monoisotopic (exact) mass is 342 g/mol. The molecule has 1 aromatic rings. The van der Waals surface area contributed by atoms with Crippen molar-refractivity contribution in [3.05, 3.63) is 11.4 Å². The molecule has 0 aromatic carbocycles. The Kier molecular flexibility index (Phi) is 5.46. The van der Waals surface area contributed by atoms with Crippen LogP contribution < -0.4 is 4.72 Å². The fraction of sp³-hybridized carbons (Fsp3) is 0.733. The Labute approximate surface area is 137 Å². The van der Waals surface area contributed by atoms with Crippen LogP contribution in [0.2, 0.25) is 0 Å². The Morgan fingerprint density at radius 1 is 1.35 bits per heavy atom. The van der Waals surface area contributed by atoms with Crippen LogP contribution in [0.25, 0.3) is 0 Å². The van der Waals surface area contributed by atoms with Crippen LogP contribution in [-0.2, 0) is 14.8 Å². The molecular formula is C15H26N4O3S. The zero-order chi connectivity index (χ0) is 17.2. The Morgan fingerprint density at radius 2 is 1.96 bits per heavy atom. The van der Waals surface area contributed by atoms with Gasteiger partial charge in [-0.05, 0) is 32.6 Å². The minimum atomic E-state index is -3.58. The second kappa shape index (κ2) is 7.00. The zero-order valence-electron chi connectivity index (χ0n) is 14.2. The number of aromatic amines is 1. The second-order valence-electron chi connectivity index (χ2n) is 6.64. The summed E-state index contributed by atoms with van der Waals surface area (Å²) in [7, 11) is -3.58. The van der Waals surface area contributed by atoms with Gasteiger partial charge in [0.1, 0.15) is 4.90 Å².